The number of aliphatic carboxylic acids is 2. The van der Waals surface area contributed by atoms with Gasteiger partial charge in [-0.1, -0.05) is 27.7 Å². The number of ether oxygens (including phenoxy) is 2. The minimum absolute atomic E-state index is 0.0432. The number of nitrogens with one attached hydrogen (secondary N) is 4. The molecule has 8 N–H and O–H groups in total. The molecule has 0 aliphatic rings. The number of unbranched alkanes of at least 4 members (excludes halogenated alkanes) is 1. The number of ketones is 1. The maximum Gasteiger partial charge on any atom is 0.326 e. The van der Waals surface area contributed by atoms with Gasteiger partial charge in [0.2, 0.25) is 17.7 Å². The fourth-order valence-electron chi connectivity index (χ4n) is 4.86. The third kappa shape index (κ3) is 21.2. The molecule has 290 valence electrons. The molecule has 15 nitrogen and oxygen atoms in total. The molecule has 0 bridgehead atoms. The number of carbonyl (C=O) groups is 6. The highest BCUT2D eigenvalue weighted by Crippen LogP contribution is 2.21. The van der Waals surface area contributed by atoms with Crippen LogP contribution >= 0.6 is 0 Å². The van der Waals surface area contributed by atoms with Crippen molar-refractivity contribution in [2.45, 2.75) is 143 Å². The molecule has 0 aromatic rings. The number of likely N-dealkylation sites (N-methyl/N-ethyl adjacent to an activating group) is 1. The summed E-state index contributed by atoms with van der Waals surface area (Å²) in [4.78, 5) is 71.9. The van der Waals surface area contributed by atoms with Crippen LogP contribution in [0.3, 0.4) is 0 Å². The van der Waals surface area contributed by atoms with Gasteiger partial charge in [0.25, 0.3) is 0 Å². The molecular weight excluding hydrogens is 650 g/mol. The first-order chi connectivity index (χ1) is 23.0. The van der Waals surface area contributed by atoms with Crippen molar-refractivity contribution in [3.8, 4) is 0 Å². The predicted molar refractivity (Wildman–Crippen MR) is 189 cm³/mol. The normalized spacial score (nSPS) is 14.6. The molecule has 0 aromatic heterocycles. The molecule has 50 heavy (non-hydrogen) atoms. The van der Waals surface area contributed by atoms with E-state index < -0.39 is 58.4 Å². The lowest BCUT2D eigenvalue weighted by atomic mass is 9.85. The maximum atomic E-state index is 12.5. The van der Waals surface area contributed by atoms with E-state index in [4.69, 9.17) is 20.3 Å². The lowest BCUT2D eigenvalue weighted by Crippen LogP contribution is -2.49. The molecule has 0 aromatic carbocycles. The molecule has 0 radical (unpaired) electrons. The maximum absolute atomic E-state index is 12.5. The van der Waals surface area contributed by atoms with Crippen LogP contribution in [0.25, 0.3) is 0 Å². The number of amides is 3. The first-order valence-corrected chi connectivity index (χ1v) is 17.6. The number of rotatable bonds is 27. The number of carboxylic acids is 2. The first kappa shape index (κ1) is 46.9. The van der Waals surface area contributed by atoms with Gasteiger partial charge in [-0.3, -0.25) is 24.0 Å². The summed E-state index contributed by atoms with van der Waals surface area (Å²) in [5.41, 5.74) is 4.23. The van der Waals surface area contributed by atoms with E-state index >= 15 is 0 Å². The molecule has 0 rings (SSSR count). The minimum Gasteiger partial charge on any atom is -0.481 e. The quantitative estimate of drug-likeness (QED) is 0.0606. The summed E-state index contributed by atoms with van der Waals surface area (Å²) in [6.07, 6.45) is 3.28. The number of hydrogen-bond donors (Lipinski definition) is 7. The van der Waals surface area contributed by atoms with E-state index in [9.17, 15) is 33.9 Å². The average molecular weight is 716 g/mol. The van der Waals surface area contributed by atoms with Crippen molar-refractivity contribution in [2.75, 3.05) is 33.4 Å². The second kappa shape index (κ2) is 22.6. The monoisotopic (exact) mass is 715 g/mol. The highest BCUT2D eigenvalue weighted by molar-refractivity contribution is 5.89. The van der Waals surface area contributed by atoms with Crippen LogP contribution < -0.4 is 27.0 Å². The van der Waals surface area contributed by atoms with Gasteiger partial charge in [-0.05, 0) is 79.7 Å². The largest absolute Gasteiger partial charge is 0.481 e. The lowest BCUT2D eigenvalue weighted by Gasteiger charge is -2.30. The van der Waals surface area contributed by atoms with Crippen molar-refractivity contribution in [1.29, 1.82) is 0 Å². The summed E-state index contributed by atoms with van der Waals surface area (Å²) in [7, 11) is 1.80. The molecule has 0 heterocycles. The second-order valence-electron chi connectivity index (χ2n) is 15.1. The Bertz CT molecular complexity index is 1110. The predicted octanol–water partition coefficient (Wildman–Crippen LogP) is 2.14. The number of carbonyl (C=O) groups excluding carboxylic acids is 4. The van der Waals surface area contributed by atoms with Gasteiger partial charge in [0.15, 0.2) is 5.78 Å². The van der Waals surface area contributed by atoms with Gasteiger partial charge in [-0.25, -0.2) is 4.79 Å². The standard InChI is InChI=1S/C35H65N5O10/c1-23(31(45)46)22-24(36)30(44)40-26(32(47)48)13-14-27(41)39-19-21-50-35(7,8)17-20-49-34(5,6)16-15-28(42)38-18-11-10-12-25(37-9)29(43)33(2,3)4/h23-26,37H,10-22,36H2,1-9H3,(H,38,42)(H,39,41)(H,40,44)(H,45,46)(H,47,48)/t23?,24?,25-,26+/m1/s1. The van der Waals surface area contributed by atoms with Gasteiger partial charge in [0.05, 0.1) is 42.4 Å². The van der Waals surface area contributed by atoms with E-state index in [-0.39, 0.29) is 50.1 Å². The summed E-state index contributed by atoms with van der Waals surface area (Å²) in [6, 6.07) is -2.74. The van der Waals surface area contributed by atoms with Crippen molar-refractivity contribution >= 4 is 35.4 Å². The molecule has 0 fully saturated rings. The van der Waals surface area contributed by atoms with Crippen LogP contribution in [-0.4, -0.2) is 108 Å². The highest BCUT2D eigenvalue weighted by atomic mass is 16.5. The van der Waals surface area contributed by atoms with Crippen LogP contribution in [0.15, 0.2) is 0 Å². The Kier molecular flexibility index (Phi) is 21.2. The van der Waals surface area contributed by atoms with Crippen molar-refractivity contribution in [1.82, 2.24) is 21.3 Å². The summed E-state index contributed by atoms with van der Waals surface area (Å²) in [5, 5.41) is 29.4. The Morgan fingerprint density at radius 2 is 1.28 bits per heavy atom. The molecule has 15 heteroatoms. The van der Waals surface area contributed by atoms with Crippen molar-refractivity contribution < 1.29 is 48.5 Å². The average Bonchev–Trinajstić information content (AvgIpc) is 3.00. The Balaban J connectivity index is 4.33. The van der Waals surface area contributed by atoms with E-state index in [1.807, 2.05) is 48.5 Å². The zero-order chi connectivity index (χ0) is 38.7. The number of nitrogens with two attached hydrogens (primary N) is 1. The van der Waals surface area contributed by atoms with Gasteiger partial charge >= 0.3 is 11.9 Å². The molecule has 3 amide bonds. The molecule has 0 saturated heterocycles. The lowest BCUT2D eigenvalue weighted by molar-refractivity contribution is -0.144. The molecule has 0 spiro atoms. The van der Waals surface area contributed by atoms with Crippen LogP contribution in [0.2, 0.25) is 0 Å². The number of carboxylic acid groups (broad SMARTS) is 2. The molecule has 0 aliphatic heterocycles. The van der Waals surface area contributed by atoms with Crippen molar-refractivity contribution in [2.24, 2.45) is 17.1 Å². The van der Waals surface area contributed by atoms with Gasteiger partial charge in [-0.15, -0.1) is 0 Å². The van der Waals surface area contributed by atoms with Crippen LogP contribution in [0, 0.1) is 11.3 Å². The van der Waals surface area contributed by atoms with Crippen LogP contribution in [-0.2, 0) is 38.2 Å². The molecule has 2 unspecified atom stereocenters. The molecule has 0 aliphatic carbocycles. The Hall–Kier alpha value is -3.14. The topological polar surface area (TPSA) is 235 Å². The van der Waals surface area contributed by atoms with E-state index in [1.165, 1.54) is 6.92 Å². The van der Waals surface area contributed by atoms with E-state index in [0.717, 1.165) is 19.3 Å². The van der Waals surface area contributed by atoms with Gasteiger partial charge in [0.1, 0.15) is 6.04 Å². The van der Waals surface area contributed by atoms with Crippen molar-refractivity contribution in [3.05, 3.63) is 0 Å². The third-order valence-electron chi connectivity index (χ3n) is 8.35. The fourth-order valence-corrected chi connectivity index (χ4v) is 4.86. The van der Waals surface area contributed by atoms with Crippen molar-refractivity contribution in [3.63, 3.8) is 0 Å². The second-order valence-corrected chi connectivity index (χ2v) is 15.1. The van der Waals surface area contributed by atoms with E-state index in [0.29, 0.717) is 32.4 Å². The minimum atomic E-state index is -1.35. The van der Waals surface area contributed by atoms with Crippen LogP contribution in [0.1, 0.15) is 113 Å². The third-order valence-corrected chi connectivity index (χ3v) is 8.35. The Morgan fingerprint density at radius 3 is 1.84 bits per heavy atom. The zero-order valence-corrected chi connectivity index (χ0v) is 31.7. The van der Waals surface area contributed by atoms with Gasteiger partial charge < -0.3 is 46.7 Å². The molecule has 0 saturated carbocycles. The molecular formula is C35H65N5O10. The van der Waals surface area contributed by atoms with E-state index in [1.54, 1.807) is 7.05 Å². The molecule has 4 atom stereocenters. The number of hydrogen-bond acceptors (Lipinski definition) is 10. The first-order valence-electron chi connectivity index (χ1n) is 17.6. The smallest absolute Gasteiger partial charge is 0.326 e. The van der Waals surface area contributed by atoms with Gasteiger partial charge in [-0.2, -0.15) is 0 Å². The zero-order valence-electron chi connectivity index (χ0n) is 31.7. The Morgan fingerprint density at radius 1 is 0.720 bits per heavy atom. The summed E-state index contributed by atoms with van der Waals surface area (Å²) < 4.78 is 12.0. The SMILES string of the molecule is CN[C@H](CCCCNC(=O)CCC(C)(C)OCCC(C)(C)OCCNC(=O)CC[C@H](NC(=O)C(N)CC(C)C(=O)O)C(=O)O)C(=O)C(C)(C)C. The van der Waals surface area contributed by atoms with Crippen LogP contribution in [0.5, 0.6) is 0 Å². The van der Waals surface area contributed by atoms with Gasteiger partial charge in [0, 0.05) is 31.3 Å². The Labute approximate surface area is 297 Å². The summed E-state index contributed by atoms with van der Waals surface area (Å²) >= 11 is 0. The van der Waals surface area contributed by atoms with Crippen LogP contribution in [0.4, 0.5) is 0 Å². The fraction of sp³-hybridized carbons (Fsp3) is 0.829. The number of Topliss-reactive ketones (excluding diaryl/α,β-unsaturated/α-hetero) is 1. The summed E-state index contributed by atoms with van der Waals surface area (Å²) in [6.45, 7) is 16.2. The summed E-state index contributed by atoms with van der Waals surface area (Å²) in [5.74, 6) is -4.40. The van der Waals surface area contributed by atoms with E-state index in [2.05, 4.69) is 21.3 Å². The highest BCUT2D eigenvalue weighted by Gasteiger charge is 2.29.